The summed E-state index contributed by atoms with van der Waals surface area (Å²) < 4.78 is 5.37. The number of hydrogen-bond acceptors (Lipinski definition) is 3. The Hall–Kier alpha value is -3.46. The van der Waals surface area contributed by atoms with Crippen LogP contribution in [0.1, 0.15) is 37.4 Å². The van der Waals surface area contributed by atoms with E-state index in [2.05, 4.69) is 0 Å². The molecular formula is C24H20O3. The van der Waals surface area contributed by atoms with Crippen molar-refractivity contribution >= 4 is 17.8 Å². The van der Waals surface area contributed by atoms with Gasteiger partial charge in [-0.3, -0.25) is 4.79 Å². The van der Waals surface area contributed by atoms with Gasteiger partial charge >= 0.3 is 5.97 Å². The minimum absolute atomic E-state index is 0.0510. The van der Waals surface area contributed by atoms with Crippen LogP contribution in [0.2, 0.25) is 0 Å². The number of carbonyl (C=O) groups is 2. The van der Waals surface area contributed by atoms with Crippen LogP contribution in [0, 0.1) is 13.8 Å². The van der Waals surface area contributed by atoms with Crippen molar-refractivity contribution in [1.29, 1.82) is 0 Å². The van der Waals surface area contributed by atoms with Crippen molar-refractivity contribution < 1.29 is 14.3 Å². The van der Waals surface area contributed by atoms with E-state index in [9.17, 15) is 9.59 Å². The van der Waals surface area contributed by atoms with E-state index in [1.165, 1.54) is 6.08 Å². The van der Waals surface area contributed by atoms with Crippen molar-refractivity contribution in [3.63, 3.8) is 0 Å². The molecule has 0 amide bonds. The fourth-order valence-electron chi connectivity index (χ4n) is 2.49. The first-order valence-corrected chi connectivity index (χ1v) is 8.69. The van der Waals surface area contributed by atoms with Gasteiger partial charge in [0.25, 0.3) is 0 Å². The predicted octanol–water partition coefficient (Wildman–Crippen LogP) is 5.42. The molecule has 0 aromatic heterocycles. The van der Waals surface area contributed by atoms with Crippen molar-refractivity contribution in [3.8, 4) is 5.75 Å². The fourth-order valence-corrected chi connectivity index (χ4v) is 2.49. The third-order valence-corrected chi connectivity index (χ3v) is 4.14. The van der Waals surface area contributed by atoms with Gasteiger partial charge < -0.3 is 4.74 Å². The van der Waals surface area contributed by atoms with E-state index in [0.29, 0.717) is 16.9 Å². The Labute approximate surface area is 158 Å². The minimum Gasteiger partial charge on any atom is -0.423 e. The molecule has 0 atom stereocenters. The largest absolute Gasteiger partial charge is 0.423 e. The number of ether oxygens (including phenoxy) is 1. The van der Waals surface area contributed by atoms with Crippen molar-refractivity contribution in [2.45, 2.75) is 13.8 Å². The summed E-state index contributed by atoms with van der Waals surface area (Å²) in [4.78, 5) is 24.3. The van der Waals surface area contributed by atoms with Gasteiger partial charge in [0.05, 0.1) is 5.56 Å². The predicted molar refractivity (Wildman–Crippen MR) is 107 cm³/mol. The van der Waals surface area contributed by atoms with E-state index >= 15 is 0 Å². The fraction of sp³-hybridized carbons (Fsp3) is 0.0833. The second-order valence-corrected chi connectivity index (χ2v) is 6.39. The van der Waals surface area contributed by atoms with Gasteiger partial charge in [-0.2, -0.15) is 0 Å². The van der Waals surface area contributed by atoms with Crippen LogP contribution in [-0.2, 0) is 0 Å². The van der Waals surface area contributed by atoms with E-state index in [1.54, 1.807) is 42.5 Å². The standard InChI is InChI=1S/C24H20O3/c1-17-3-10-20(11-4-17)23(25)16-9-19-7-14-22(15-8-19)27-24(26)21-12-5-18(2)6-13-21/h3-16H,1-2H3/b16-9+. The highest BCUT2D eigenvalue weighted by molar-refractivity contribution is 6.06. The Bertz CT molecular complexity index is 964. The first-order chi connectivity index (χ1) is 13.0. The molecule has 0 fully saturated rings. The first-order valence-electron chi connectivity index (χ1n) is 8.69. The number of esters is 1. The van der Waals surface area contributed by atoms with Crippen molar-refractivity contribution in [2.75, 3.05) is 0 Å². The molecule has 0 aliphatic rings. The maximum Gasteiger partial charge on any atom is 0.343 e. The molecule has 0 bridgehead atoms. The summed E-state index contributed by atoms with van der Waals surface area (Å²) in [7, 11) is 0. The SMILES string of the molecule is Cc1ccc(C(=O)/C=C/c2ccc(OC(=O)c3ccc(C)cc3)cc2)cc1. The molecule has 3 rings (SSSR count). The average Bonchev–Trinajstić information content (AvgIpc) is 2.68. The maximum atomic E-state index is 12.2. The van der Waals surface area contributed by atoms with Crippen LogP contribution in [-0.4, -0.2) is 11.8 Å². The maximum absolute atomic E-state index is 12.2. The number of ketones is 1. The van der Waals surface area contributed by atoms with Gasteiger partial charge in [-0.15, -0.1) is 0 Å². The summed E-state index contributed by atoms with van der Waals surface area (Å²) >= 11 is 0. The molecule has 0 spiro atoms. The Morgan fingerprint density at radius 1 is 0.704 bits per heavy atom. The Morgan fingerprint density at radius 3 is 1.78 bits per heavy atom. The zero-order valence-electron chi connectivity index (χ0n) is 15.3. The van der Waals surface area contributed by atoms with Crippen molar-refractivity contribution in [3.05, 3.63) is 107 Å². The second kappa shape index (κ2) is 8.28. The molecule has 0 radical (unpaired) electrons. The summed E-state index contributed by atoms with van der Waals surface area (Å²) in [5.41, 5.74) is 4.22. The lowest BCUT2D eigenvalue weighted by molar-refractivity contribution is 0.0734. The molecule has 0 N–H and O–H groups in total. The van der Waals surface area contributed by atoms with Crippen molar-refractivity contribution in [2.24, 2.45) is 0 Å². The smallest absolute Gasteiger partial charge is 0.343 e. The monoisotopic (exact) mass is 356 g/mol. The molecule has 3 nitrogen and oxygen atoms in total. The number of hydrogen-bond donors (Lipinski definition) is 0. The number of benzene rings is 3. The number of allylic oxidation sites excluding steroid dienone is 1. The molecule has 27 heavy (non-hydrogen) atoms. The van der Waals surface area contributed by atoms with E-state index < -0.39 is 5.97 Å². The molecule has 3 aromatic rings. The molecule has 0 unspecified atom stereocenters. The van der Waals surface area contributed by atoms with Crippen LogP contribution in [0.25, 0.3) is 6.08 Å². The molecule has 0 saturated carbocycles. The number of carbonyl (C=O) groups excluding carboxylic acids is 2. The van der Waals surface area contributed by atoms with Gasteiger partial charge in [0, 0.05) is 5.56 Å². The zero-order valence-corrected chi connectivity index (χ0v) is 15.3. The van der Waals surface area contributed by atoms with Crippen LogP contribution >= 0.6 is 0 Å². The van der Waals surface area contributed by atoms with Crippen LogP contribution in [0.5, 0.6) is 5.75 Å². The second-order valence-electron chi connectivity index (χ2n) is 6.39. The third-order valence-electron chi connectivity index (χ3n) is 4.14. The topological polar surface area (TPSA) is 43.4 Å². The average molecular weight is 356 g/mol. The summed E-state index contributed by atoms with van der Waals surface area (Å²) in [6.07, 6.45) is 3.28. The van der Waals surface area contributed by atoms with Crippen LogP contribution < -0.4 is 4.74 Å². The molecular weight excluding hydrogens is 336 g/mol. The Kier molecular flexibility index (Phi) is 5.62. The van der Waals surface area contributed by atoms with Gasteiger partial charge in [-0.25, -0.2) is 4.79 Å². The van der Waals surface area contributed by atoms with Gasteiger partial charge in [0.2, 0.25) is 0 Å². The quantitative estimate of drug-likeness (QED) is 0.265. The summed E-state index contributed by atoms with van der Waals surface area (Å²) in [6.45, 7) is 3.95. The highest BCUT2D eigenvalue weighted by atomic mass is 16.5. The lowest BCUT2D eigenvalue weighted by Gasteiger charge is -2.05. The molecule has 3 aromatic carbocycles. The number of aryl methyl sites for hydroxylation is 2. The summed E-state index contributed by atoms with van der Waals surface area (Å²) in [5.74, 6) is 0.0142. The third kappa shape index (κ3) is 5.02. The van der Waals surface area contributed by atoms with Crippen LogP contribution in [0.15, 0.2) is 78.9 Å². The molecule has 0 heterocycles. The normalized spacial score (nSPS) is 10.7. The summed E-state index contributed by atoms with van der Waals surface area (Å²) in [6, 6.07) is 21.7. The Balaban J connectivity index is 1.62. The van der Waals surface area contributed by atoms with E-state index in [-0.39, 0.29) is 5.78 Å². The lowest BCUT2D eigenvalue weighted by Crippen LogP contribution is -2.08. The van der Waals surface area contributed by atoms with Gasteiger partial charge in [0.1, 0.15) is 5.75 Å². The van der Waals surface area contributed by atoms with Gasteiger partial charge in [-0.1, -0.05) is 65.7 Å². The molecule has 0 aliphatic carbocycles. The lowest BCUT2D eigenvalue weighted by atomic mass is 10.1. The molecule has 3 heteroatoms. The highest BCUT2D eigenvalue weighted by Gasteiger charge is 2.08. The number of rotatable bonds is 5. The minimum atomic E-state index is -0.396. The van der Waals surface area contributed by atoms with Gasteiger partial charge in [-0.05, 0) is 49.8 Å². The van der Waals surface area contributed by atoms with Crippen molar-refractivity contribution in [1.82, 2.24) is 0 Å². The molecule has 0 aliphatic heterocycles. The highest BCUT2D eigenvalue weighted by Crippen LogP contribution is 2.16. The molecule has 0 saturated heterocycles. The van der Waals surface area contributed by atoms with Crippen LogP contribution in [0.4, 0.5) is 0 Å². The Morgan fingerprint density at radius 2 is 1.22 bits per heavy atom. The zero-order chi connectivity index (χ0) is 19.2. The van der Waals surface area contributed by atoms with E-state index in [1.807, 2.05) is 50.2 Å². The van der Waals surface area contributed by atoms with E-state index in [4.69, 9.17) is 4.74 Å². The summed E-state index contributed by atoms with van der Waals surface area (Å²) in [5, 5.41) is 0. The first kappa shape index (κ1) is 18.3. The molecule has 134 valence electrons. The van der Waals surface area contributed by atoms with Gasteiger partial charge in [0.15, 0.2) is 5.78 Å². The van der Waals surface area contributed by atoms with Crippen LogP contribution in [0.3, 0.4) is 0 Å². The van der Waals surface area contributed by atoms with E-state index in [0.717, 1.165) is 16.7 Å².